The van der Waals surface area contributed by atoms with Crippen LogP contribution in [-0.2, 0) is 4.74 Å². The lowest BCUT2D eigenvalue weighted by Crippen LogP contribution is -2.21. The molecule has 3 heterocycles. The molecule has 1 saturated heterocycles. The number of rotatable bonds is 5. The van der Waals surface area contributed by atoms with Crippen LogP contribution in [0.2, 0.25) is 0 Å². The molecule has 1 atom stereocenters. The summed E-state index contributed by atoms with van der Waals surface area (Å²) in [5.41, 5.74) is 2.02. The zero-order chi connectivity index (χ0) is 17.1. The Morgan fingerprint density at radius 3 is 2.76 bits per heavy atom. The third kappa shape index (κ3) is 3.50. The summed E-state index contributed by atoms with van der Waals surface area (Å²) in [6, 6.07) is 12.2. The number of furan rings is 1. The molecule has 1 aliphatic heterocycles. The Hall–Kier alpha value is -2.05. The number of benzene rings is 1. The van der Waals surface area contributed by atoms with Crippen molar-refractivity contribution in [2.24, 2.45) is 0 Å². The fourth-order valence-electron chi connectivity index (χ4n) is 3.07. The predicted molar refractivity (Wildman–Crippen MR) is 98.1 cm³/mol. The van der Waals surface area contributed by atoms with Gasteiger partial charge in [-0.15, -0.1) is 10.2 Å². The topological polar surface area (TPSA) is 53.1 Å². The lowest BCUT2D eigenvalue weighted by molar-refractivity contribution is 0.0315. The minimum Gasteiger partial charge on any atom is -0.469 e. The summed E-state index contributed by atoms with van der Waals surface area (Å²) in [7, 11) is 0. The molecular weight excluding hydrogens is 334 g/mol. The molecule has 0 N–H and O–H groups in total. The van der Waals surface area contributed by atoms with Gasteiger partial charge in [0, 0.05) is 18.0 Å². The van der Waals surface area contributed by atoms with Gasteiger partial charge in [-0.1, -0.05) is 30.0 Å². The number of hydrogen-bond donors (Lipinski definition) is 0. The lowest BCUT2D eigenvalue weighted by atomic mass is 10.1. The van der Waals surface area contributed by atoms with E-state index in [-0.39, 0.29) is 0 Å². The Labute approximate surface area is 151 Å². The van der Waals surface area contributed by atoms with Gasteiger partial charge in [0.2, 0.25) is 0 Å². The highest BCUT2D eigenvalue weighted by Gasteiger charge is 2.21. The van der Waals surface area contributed by atoms with Crippen LogP contribution in [0.5, 0.6) is 0 Å². The lowest BCUT2D eigenvalue weighted by Gasteiger charge is -2.21. The third-order valence-electron chi connectivity index (χ3n) is 4.42. The van der Waals surface area contributed by atoms with Crippen LogP contribution in [0.15, 0.2) is 52.2 Å². The van der Waals surface area contributed by atoms with Gasteiger partial charge >= 0.3 is 0 Å². The van der Waals surface area contributed by atoms with Crippen LogP contribution < -0.4 is 0 Å². The molecule has 4 rings (SSSR count). The van der Waals surface area contributed by atoms with Gasteiger partial charge in [0.15, 0.2) is 11.0 Å². The molecule has 1 aromatic carbocycles. The molecule has 0 unspecified atom stereocenters. The van der Waals surface area contributed by atoms with Crippen molar-refractivity contribution >= 4 is 11.8 Å². The summed E-state index contributed by atoms with van der Waals surface area (Å²) in [5, 5.41) is 9.79. The first-order chi connectivity index (χ1) is 12.3. The largest absolute Gasteiger partial charge is 0.469 e. The Bertz CT molecular complexity index is 822. The highest BCUT2D eigenvalue weighted by molar-refractivity contribution is 7.99. The van der Waals surface area contributed by atoms with Crippen molar-refractivity contribution in [3.05, 3.63) is 48.4 Å². The fraction of sp³-hybridized carbons (Fsp3) is 0.368. The minimum atomic E-state index is 0.304. The molecule has 5 nitrogen and oxygen atoms in total. The van der Waals surface area contributed by atoms with Crippen LogP contribution in [0.25, 0.3) is 17.1 Å². The normalized spacial score (nSPS) is 17.7. The standard InChI is InChI=1S/C19H21N3O2S/c1-14-17(10-12-23-14)18-20-21-19(22(18)15-7-3-2-4-8-15)25-13-16-9-5-6-11-24-16/h2-4,7-8,10,12,16H,5-6,9,11,13H2,1H3/t16-/m0/s1. The summed E-state index contributed by atoms with van der Waals surface area (Å²) < 4.78 is 13.4. The van der Waals surface area contributed by atoms with Crippen molar-refractivity contribution in [2.75, 3.05) is 12.4 Å². The molecular formula is C19H21N3O2S. The molecule has 1 fully saturated rings. The van der Waals surface area contributed by atoms with E-state index in [9.17, 15) is 0 Å². The van der Waals surface area contributed by atoms with Gasteiger partial charge in [0.25, 0.3) is 0 Å². The van der Waals surface area contributed by atoms with Gasteiger partial charge in [-0.25, -0.2) is 0 Å². The maximum absolute atomic E-state index is 5.85. The number of aryl methyl sites for hydroxylation is 1. The summed E-state index contributed by atoms with van der Waals surface area (Å²) in [5.74, 6) is 2.55. The molecule has 0 amide bonds. The van der Waals surface area contributed by atoms with E-state index in [2.05, 4.69) is 26.9 Å². The molecule has 130 valence electrons. The number of para-hydroxylation sites is 1. The number of aromatic nitrogens is 3. The van der Waals surface area contributed by atoms with Crippen molar-refractivity contribution in [1.29, 1.82) is 0 Å². The van der Waals surface area contributed by atoms with Crippen LogP contribution in [0.4, 0.5) is 0 Å². The second kappa shape index (κ2) is 7.45. The van der Waals surface area contributed by atoms with Gasteiger partial charge in [-0.2, -0.15) is 0 Å². The Kier molecular flexibility index (Phi) is 4.90. The van der Waals surface area contributed by atoms with E-state index in [0.717, 1.165) is 46.8 Å². The first-order valence-electron chi connectivity index (χ1n) is 8.62. The number of ether oxygens (including phenoxy) is 1. The first-order valence-corrected chi connectivity index (χ1v) is 9.61. The van der Waals surface area contributed by atoms with Crippen LogP contribution in [0, 0.1) is 6.92 Å². The second-order valence-corrected chi connectivity index (χ2v) is 7.15. The predicted octanol–water partition coefficient (Wildman–Crippen LogP) is 4.50. The summed E-state index contributed by atoms with van der Waals surface area (Å²) in [6.07, 6.45) is 5.54. The van der Waals surface area contributed by atoms with E-state index in [1.54, 1.807) is 18.0 Å². The maximum Gasteiger partial charge on any atom is 0.196 e. The molecule has 6 heteroatoms. The van der Waals surface area contributed by atoms with Crippen molar-refractivity contribution in [3.8, 4) is 17.1 Å². The molecule has 0 bridgehead atoms. The zero-order valence-corrected chi connectivity index (χ0v) is 15.0. The fourth-order valence-corrected chi connectivity index (χ4v) is 4.09. The Balaban J connectivity index is 1.67. The molecule has 0 saturated carbocycles. The molecule has 0 aliphatic carbocycles. The summed E-state index contributed by atoms with van der Waals surface area (Å²) in [6.45, 7) is 2.82. The van der Waals surface area contributed by atoms with E-state index in [1.807, 2.05) is 31.2 Å². The van der Waals surface area contributed by atoms with Gasteiger partial charge in [-0.05, 0) is 44.4 Å². The molecule has 2 aromatic heterocycles. The van der Waals surface area contributed by atoms with Gasteiger partial charge < -0.3 is 9.15 Å². The summed E-state index contributed by atoms with van der Waals surface area (Å²) >= 11 is 1.71. The van der Waals surface area contributed by atoms with E-state index in [1.165, 1.54) is 12.8 Å². The van der Waals surface area contributed by atoms with E-state index >= 15 is 0 Å². The third-order valence-corrected chi connectivity index (χ3v) is 5.48. The SMILES string of the molecule is Cc1occc1-c1nnc(SC[C@@H]2CCCCO2)n1-c1ccccc1. The molecule has 0 spiro atoms. The minimum absolute atomic E-state index is 0.304. The highest BCUT2D eigenvalue weighted by atomic mass is 32.2. The van der Waals surface area contributed by atoms with Crippen molar-refractivity contribution in [2.45, 2.75) is 37.4 Å². The highest BCUT2D eigenvalue weighted by Crippen LogP contribution is 2.31. The number of thioether (sulfide) groups is 1. The average molecular weight is 355 g/mol. The summed E-state index contributed by atoms with van der Waals surface area (Å²) in [4.78, 5) is 0. The van der Waals surface area contributed by atoms with Gasteiger partial charge in [-0.3, -0.25) is 4.57 Å². The second-order valence-electron chi connectivity index (χ2n) is 6.17. The van der Waals surface area contributed by atoms with Gasteiger partial charge in [0.05, 0.1) is 17.9 Å². The van der Waals surface area contributed by atoms with Crippen LogP contribution in [0.3, 0.4) is 0 Å². The smallest absolute Gasteiger partial charge is 0.196 e. The quantitative estimate of drug-likeness (QED) is 0.631. The number of nitrogens with zero attached hydrogens (tertiary/aromatic N) is 3. The van der Waals surface area contributed by atoms with E-state index in [4.69, 9.17) is 9.15 Å². The van der Waals surface area contributed by atoms with Crippen molar-refractivity contribution in [3.63, 3.8) is 0 Å². The van der Waals surface area contributed by atoms with Crippen molar-refractivity contribution in [1.82, 2.24) is 14.8 Å². The Morgan fingerprint density at radius 2 is 2.04 bits per heavy atom. The van der Waals surface area contributed by atoms with Crippen LogP contribution in [0.1, 0.15) is 25.0 Å². The molecule has 1 aliphatic rings. The van der Waals surface area contributed by atoms with Crippen LogP contribution >= 0.6 is 11.8 Å². The molecule has 25 heavy (non-hydrogen) atoms. The first kappa shape index (κ1) is 16.4. The number of hydrogen-bond acceptors (Lipinski definition) is 5. The molecule has 0 radical (unpaired) electrons. The van der Waals surface area contributed by atoms with Gasteiger partial charge in [0.1, 0.15) is 5.76 Å². The monoisotopic (exact) mass is 355 g/mol. The zero-order valence-electron chi connectivity index (χ0n) is 14.2. The van der Waals surface area contributed by atoms with Crippen molar-refractivity contribution < 1.29 is 9.15 Å². The Morgan fingerprint density at radius 1 is 1.16 bits per heavy atom. The van der Waals surface area contributed by atoms with E-state index < -0.39 is 0 Å². The molecule has 3 aromatic rings. The van der Waals surface area contributed by atoms with Crippen LogP contribution in [-0.4, -0.2) is 33.2 Å². The van der Waals surface area contributed by atoms with E-state index in [0.29, 0.717) is 6.10 Å². The maximum atomic E-state index is 5.85. The average Bonchev–Trinajstić information content (AvgIpc) is 3.27.